The van der Waals surface area contributed by atoms with Gasteiger partial charge < -0.3 is 20.1 Å². The van der Waals surface area contributed by atoms with Crippen LogP contribution in [0.3, 0.4) is 0 Å². The Labute approximate surface area is 92.2 Å². The molecule has 0 amide bonds. The zero-order valence-corrected chi connectivity index (χ0v) is 8.46. The van der Waals surface area contributed by atoms with Gasteiger partial charge in [0.25, 0.3) is 0 Å². The quantitative estimate of drug-likeness (QED) is 0.301. The van der Waals surface area contributed by atoms with Crippen LogP contribution in [0, 0.1) is 0 Å². The van der Waals surface area contributed by atoms with Crippen molar-refractivity contribution in [1.82, 2.24) is 0 Å². The molecule has 0 saturated heterocycles. The van der Waals surface area contributed by atoms with Crippen molar-refractivity contribution >= 4 is 5.97 Å². The summed E-state index contributed by atoms with van der Waals surface area (Å²) in [5.74, 6) is -0.431. The lowest BCUT2D eigenvalue weighted by Crippen LogP contribution is -2.15. The molecular weight excluding hydrogens is 212 g/mol. The van der Waals surface area contributed by atoms with Crippen LogP contribution < -0.4 is 4.74 Å². The average Bonchev–Trinajstić information content (AvgIpc) is 2.20. The number of aliphatic hydroxyl groups is 2. The molecular formula is C11H12O5. The fourth-order valence-electron chi connectivity index (χ4n) is 0.997. The van der Waals surface area contributed by atoms with E-state index in [-0.39, 0.29) is 23.5 Å². The third kappa shape index (κ3) is 3.72. The molecule has 0 aliphatic heterocycles. The standard InChI is InChI=1S/C11H12O5/c1-7(6-10(13)14)11(15)16-9-4-2-8(12)3-5-9/h2-5,10,12-14H,1,6H2. The van der Waals surface area contributed by atoms with E-state index in [9.17, 15) is 4.79 Å². The first kappa shape index (κ1) is 12.2. The minimum atomic E-state index is -1.63. The largest absolute Gasteiger partial charge is 0.508 e. The molecule has 0 radical (unpaired) electrons. The SMILES string of the molecule is C=C(CC(O)O)C(=O)Oc1ccc(O)cc1. The van der Waals surface area contributed by atoms with Gasteiger partial charge in [0, 0.05) is 12.0 Å². The number of phenols is 1. The number of aliphatic hydroxyl groups excluding tert-OH is 1. The van der Waals surface area contributed by atoms with Crippen LogP contribution in [0.5, 0.6) is 11.5 Å². The van der Waals surface area contributed by atoms with E-state index in [0.717, 1.165) is 0 Å². The van der Waals surface area contributed by atoms with E-state index in [1.165, 1.54) is 24.3 Å². The zero-order valence-electron chi connectivity index (χ0n) is 8.46. The van der Waals surface area contributed by atoms with Gasteiger partial charge in [-0.25, -0.2) is 4.79 Å². The highest BCUT2D eigenvalue weighted by Gasteiger charge is 2.12. The molecule has 1 aromatic carbocycles. The van der Waals surface area contributed by atoms with Gasteiger partial charge in [-0.3, -0.25) is 0 Å². The lowest BCUT2D eigenvalue weighted by Gasteiger charge is -2.07. The van der Waals surface area contributed by atoms with Gasteiger partial charge in [0.1, 0.15) is 11.5 Å². The minimum absolute atomic E-state index is 0.0388. The van der Waals surface area contributed by atoms with E-state index in [4.69, 9.17) is 20.1 Å². The van der Waals surface area contributed by atoms with E-state index < -0.39 is 12.3 Å². The van der Waals surface area contributed by atoms with Gasteiger partial charge in [-0.2, -0.15) is 0 Å². The molecule has 0 atom stereocenters. The minimum Gasteiger partial charge on any atom is -0.508 e. The first-order valence-electron chi connectivity index (χ1n) is 4.54. The summed E-state index contributed by atoms with van der Waals surface area (Å²) < 4.78 is 4.86. The highest BCUT2D eigenvalue weighted by Crippen LogP contribution is 2.17. The molecule has 3 N–H and O–H groups in total. The summed E-state index contributed by atoms with van der Waals surface area (Å²) >= 11 is 0. The molecule has 0 aliphatic rings. The summed E-state index contributed by atoms with van der Waals surface area (Å²) in [5.41, 5.74) is -0.0388. The first-order valence-corrected chi connectivity index (χ1v) is 4.54. The number of benzene rings is 1. The highest BCUT2D eigenvalue weighted by atomic mass is 16.5. The molecule has 5 nitrogen and oxygen atoms in total. The average molecular weight is 224 g/mol. The number of phenolic OH excluding ortho intramolecular Hbond substituents is 1. The summed E-state index contributed by atoms with van der Waals surface area (Å²) in [6, 6.07) is 5.56. The predicted molar refractivity (Wildman–Crippen MR) is 55.7 cm³/mol. The maximum Gasteiger partial charge on any atom is 0.338 e. The fourth-order valence-corrected chi connectivity index (χ4v) is 0.997. The van der Waals surface area contributed by atoms with Crippen molar-refractivity contribution < 1.29 is 24.9 Å². The molecule has 5 heteroatoms. The third-order valence-corrected chi connectivity index (χ3v) is 1.76. The van der Waals surface area contributed by atoms with Crippen LogP contribution in [0.1, 0.15) is 6.42 Å². The van der Waals surface area contributed by atoms with Crippen molar-refractivity contribution in [2.45, 2.75) is 12.7 Å². The Balaban J connectivity index is 2.57. The van der Waals surface area contributed by atoms with Gasteiger partial charge in [0.05, 0.1) is 0 Å². The number of ether oxygens (including phenoxy) is 1. The number of hydrogen-bond donors (Lipinski definition) is 3. The molecule has 1 aromatic rings. The predicted octanol–water partition coefficient (Wildman–Crippen LogP) is 0.555. The summed E-state index contributed by atoms with van der Waals surface area (Å²) in [5, 5.41) is 26.3. The molecule has 16 heavy (non-hydrogen) atoms. The van der Waals surface area contributed by atoms with Crippen LogP contribution in [0.25, 0.3) is 0 Å². The number of hydrogen-bond acceptors (Lipinski definition) is 5. The van der Waals surface area contributed by atoms with Gasteiger partial charge in [-0.05, 0) is 24.3 Å². The van der Waals surface area contributed by atoms with E-state index in [1.807, 2.05) is 0 Å². The maximum atomic E-state index is 11.3. The second-order valence-corrected chi connectivity index (χ2v) is 3.17. The lowest BCUT2D eigenvalue weighted by atomic mass is 10.2. The van der Waals surface area contributed by atoms with Gasteiger partial charge in [-0.15, -0.1) is 0 Å². The van der Waals surface area contributed by atoms with Crippen LogP contribution in [0.15, 0.2) is 36.4 Å². The molecule has 0 bridgehead atoms. The third-order valence-electron chi connectivity index (χ3n) is 1.76. The van der Waals surface area contributed by atoms with Crippen LogP contribution in [0.4, 0.5) is 0 Å². The maximum absolute atomic E-state index is 11.3. The van der Waals surface area contributed by atoms with Gasteiger partial charge >= 0.3 is 5.97 Å². The summed E-state index contributed by atoms with van der Waals surface area (Å²) in [7, 11) is 0. The molecule has 86 valence electrons. The van der Waals surface area contributed by atoms with E-state index >= 15 is 0 Å². The summed E-state index contributed by atoms with van der Waals surface area (Å²) in [6.45, 7) is 3.36. The van der Waals surface area contributed by atoms with Crippen molar-refractivity contribution in [2.24, 2.45) is 0 Å². The van der Waals surface area contributed by atoms with Crippen LogP contribution >= 0.6 is 0 Å². The van der Waals surface area contributed by atoms with Gasteiger partial charge in [-0.1, -0.05) is 6.58 Å². The second-order valence-electron chi connectivity index (χ2n) is 3.17. The van der Waals surface area contributed by atoms with Crippen molar-refractivity contribution in [3.63, 3.8) is 0 Å². The first-order chi connectivity index (χ1) is 7.49. The van der Waals surface area contributed by atoms with Crippen LogP contribution in [0.2, 0.25) is 0 Å². The summed E-state index contributed by atoms with van der Waals surface area (Å²) in [4.78, 5) is 11.3. The van der Waals surface area contributed by atoms with Gasteiger partial charge in [0.15, 0.2) is 6.29 Å². The van der Waals surface area contributed by atoms with E-state index in [0.29, 0.717) is 0 Å². The van der Waals surface area contributed by atoms with Crippen molar-refractivity contribution in [1.29, 1.82) is 0 Å². The molecule has 0 saturated carbocycles. The monoisotopic (exact) mass is 224 g/mol. The number of carbonyl (C=O) groups is 1. The number of esters is 1. The normalized spacial score (nSPS) is 10.2. The van der Waals surface area contributed by atoms with Gasteiger partial charge in [0.2, 0.25) is 0 Å². The van der Waals surface area contributed by atoms with Crippen molar-refractivity contribution in [3.8, 4) is 11.5 Å². The highest BCUT2D eigenvalue weighted by molar-refractivity contribution is 5.89. The Bertz CT molecular complexity index is 380. The van der Waals surface area contributed by atoms with Crippen LogP contribution in [-0.4, -0.2) is 27.6 Å². The molecule has 1 rings (SSSR count). The Kier molecular flexibility index (Phi) is 4.04. The van der Waals surface area contributed by atoms with E-state index in [2.05, 4.69) is 6.58 Å². The van der Waals surface area contributed by atoms with Crippen molar-refractivity contribution in [3.05, 3.63) is 36.4 Å². The molecule has 0 aromatic heterocycles. The Morgan fingerprint density at radius 3 is 2.38 bits per heavy atom. The lowest BCUT2D eigenvalue weighted by molar-refractivity contribution is -0.131. The Morgan fingerprint density at radius 1 is 1.31 bits per heavy atom. The summed E-state index contributed by atoms with van der Waals surface area (Å²) in [6.07, 6.45) is -1.89. The molecule has 0 unspecified atom stereocenters. The topological polar surface area (TPSA) is 87.0 Å². The smallest absolute Gasteiger partial charge is 0.338 e. The fraction of sp³-hybridized carbons (Fsp3) is 0.182. The second kappa shape index (κ2) is 5.29. The van der Waals surface area contributed by atoms with E-state index in [1.54, 1.807) is 0 Å². The molecule has 0 spiro atoms. The zero-order chi connectivity index (χ0) is 12.1. The van der Waals surface area contributed by atoms with Crippen LogP contribution in [-0.2, 0) is 4.79 Å². The Morgan fingerprint density at radius 2 is 1.88 bits per heavy atom. The number of rotatable bonds is 4. The van der Waals surface area contributed by atoms with Crippen molar-refractivity contribution in [2.75, 3.05) is 0 Å². The molecule has 0 heterocycles. The Hall–Kier alpha value is -1.85. The molecule has 0 aliphatic carbocycles. The number of aromatic hydroxyl groups is 1. The molecule has 0 fully saturated rings. The number of carbonyl (C=O) groups excluding carboxylic acids is 1.